The first-order chi connectivity index (χ1) is 11.5. The first-order valence-electron chi connectivity index (χ1n) is 9.09. The van der Waals surface area contributed by atoms with E-state index in [-0.39, 0.29) is 5.91 Å². The molecule has 2 rings (SSSR count). The third-order valence-electron chi connectivity index (χ3n) is 4.28. The van der Waals surface area contributed by atoms with Crippen molar-refractivity contribution >= 4 is 11.7 Å². The van der Waals surface area contributed by atoms with E-state index in [1.165, 1.54) is 0 Å². The second kappa shape index (κ2) is 9.57. The number of nitrogens with zero attached hydrogens (tertiary/aromatic N) is 4. The molecule has 0 aliphatic carbocycles. The Morgan fingerprint density at radius 1 is 1.21 bits per heavy atom. The molecular weight excluding hydrogens is 302 g/mol. The van der Waals surface area contributed by atoms with Crippen LogP contribution in [0.15, 0.2) is 12.1 Å². The van der Waals surface area contributed by atoms with Gasteiger partial charge in [-0.3, -0.25) is 4.79 Å². The van der Waals surface area contributed by atoms with Crippen LogP contribution in [0.25, 0.3) is 0 Å². The molecule has 1 aliphatic heterocycles. The van der Waals surface area contributed by atoms with Crippen molar-refractivity contribution < 1.29 is 4.79 Å². The molecule has 0 unspecified atom stereocenters. The van der Waals surface area contributed by atoms with Crippen LogP contribution in [0.3, 0.4) is 0 Å². The molecule has 2 heterocycles. The van der Waals surface area contributed by atoms with Crippen LogP contribution in [0.4, 0.5) is 5.82 Å². The predicted molar refractivity (Wildman–Crippen MR) is 97.1 cm³/mol. The highest BCUT2D eigenvalue weighted by molar-refractivity contribution is 5.75. The largest absolute Gasteiger partial charge is 0.356 e. The third kappa shape index (κ3) is 6.43. The summed E-state index contributed by atoms with van der Waals surface area (Å²) in [6.07, 6.45) is 2.67. The molecule has 0 atom stereocenters. The van der Waals surface area contributed by atoms with Crippen LogP contribution in [-0.4, -0.2) is 60.3 Å². The minimum Gasteiger partial charge on any atom is -0.356 e. The Morgan fingerprint density at radius 3 is 2.75 bits per heavy atom. The van der Waals surface area contributed by atoms with E-state index in [4.69, 9.17) is 0 Å². The molecule has 1 saturated heterocycles. The van der Waals surface area contributed by atoms with Gasteiger partial charge < -0.3 is 15.1 Å². The third-order valence-corrected chi connectivity index (χ3v) is 4.28. The number of nitrogens with one attached hydrogen (secondary N) is 1. The Balaban J connectivity index is 1.69. The van der Waals surface area contributed by atoms with Gasteiger partial charge >= 0.3 is 0 Å². The van der Waals surface area contributed by atoms with Crippen LogP contribution in [0.1, 0.15) is 38.8 Å². The Kier molecular flexibility index (Phi) is 7.43. The number of aryl methyl sites for hydroxylation is 1. The van der Waals surface area contributed by atoms with E-state index in [9.17, 15) is 4.79 Å². The zero-order valence-corrected chi connectivity index (χ0v) is 15.3. The lowest BCUT2D eigenvalue weighted by atomic mass is 10.2. The summed E-state index contributed by atoms with van der Waals surface area (Å²) in [6.45, 7) is 12.0. The number of carbonyl (C=O) groups is 1. The van der Waals surface area contributed by atoms with Gasteiger partial charge in [0.05, 0.1) is 5.69 Å². The van der Waals surface area contributed by atoms with Gasteiger partial charge in [-0.15, -0.1) is 5.10 Å². The van der Waals surface area contributed by atoms with Crippen molar-refractivity contribution in [2.24, 2.45) is 5.92 Å². The highest BCUT2D eigenvalue weighted by atomic mass is 16.1. The van der Waals surface area contributed by atoms with Crippen molar-refractivity contribution in [2.75, 3.05) is 44.2 Å². The summed E-state index contributed by atoms with van der Waals surface area (Å²) in [5.74, 6) is 1.65. The van der Waals surface area contributed by atoms with E-state index in [1.54, 1.807) is 0 Å². The lowest BCUT2D eigenvalue weighted by Gasteiger charge is -2.22. The van der Waals surface area contributed by atoms with Gasteiger partial charge in [-0.05, 0) is 50.9 Å². The SMILES string of the molecule is Cc1ccc(N2CCCN(CCCC(=O)NCC(C)C)CC2)nn1. The second-order valence-electron chi connectivity index (χ2n) is 7.02. The Bertz CT molecular complexity index is 503. The van der Waals surface area contributed by atoms with E-state index in [0.29, 0.717) is 12.3 Å². The van der Waals surface area contributed by atoms with E-state index in [2.05, 4.69) is 45.2 Å². The number of rotatable bonds is 7. The van der Waals surface area contributed by atoms with Crippen LogP contribution in [0.2, 0.25) is 0 Å². The molecule has 6 heteroatoms. The molecule has 1 amide bonds. The summed E-state index contributed by atoms with van der Waals surface area (Å²) in [7, 11) is 0. The fourth-order valence-corrected chi connectivity index (χ4v) is 2.85. The lowest BCUT2D eigenvalue weighted by molar-refractivity contribution is -0.121. The maximum absolute atomic E-state index is 11.8. The van der Waals surface area contributed by atoms with Crippen LogP contribution in [0.5, 0.6) is 0 Å². The maximum Gasteiger partial charge on any atom is 0.220 e. The summed E-state index contributed by atoms with van der Waals surface area (Å²) in [5.41, 5.74) is 0.950. The average molecular weight is 333 g/mol. The first kappa shape index (κ1) is 18.6. The van der Waals surface area contributed by atoms with Crippen molar-refractivity contribution in [3.63, 3.8) is 0 Å². The van der Waals surface area contributed by atoms with Crippen molar-refractivity contribution in [3.8, 4) is 0 Å². The molecule has 0 spiro atoms. The molecule has 0 radical (unpaired) electrons. The number of amides is 1. The minimum absolute atomic E-state index is 0.176. The van der Waals surface area contributed by atoms with E-state index in [0.717, 1.165) is 63.6 Å². The number of anilines is 1. The fraction of sp³-hybridized carbons (Fsp3) is 0.722. The highest BCUT2D eigenvalue weighted by Crippen LogP contribution is 2.13. The summed E-state index contributed by atoms with van der Waals surface area (Å²) in [4.78, 5) is 16.5. The van der Waals surface area contributed by atoms with Gasteiger partial charge in [-0.2, -0.15) is 5.10 Å². The fourth-order valence-electron chi connectivity index (χ4n) is 2.85. The van der Waals surface area contributed by atoms with Gasteiger partial charge in [-0.25, -0.2) is 0 Å². The molecule has 0 bridgehead atoms. The minimum atomic E-state index is 0.176. The molecule has 1 fully saturated rings. The lowest BCUT2D eigenvalue weighted by Crippen LogP contribution is -2.33. The summed E-state index contributed by atoms with van der Waals surface area (Å²) < 4.78 is 0. The van der Waals surface area contributed by atoms with E-state index >= 15 is 0 Å². The standard InChI is InChI=1S/C18H31N5O/c1-15(2)14-19-18(24)6-4-9-22-10-5-11-23(13-12-22)17-8-7-16(3)20-21-17/h7-8,15H,4-6,9-14H2,1-3H3,(H,19,24). The second-order valence-corrected chi connectivity index (χ2v) is 7.02. The predicted octanol–water partition coefficient (Wildman–Crippen LogP) is 1.85. The molecule has 1 aliphatic rings. The van der Waals surface area contributed by atoms with Gasteiger partial charge in [0.15, 0.2) is 5.82 Å². The molecule has 1 N–H and O–H groups in total. The van der Waals surface area contributed by atoms with Crippen molar-refractivity contribution in [2.45, 2.75) is 40.0 Å². The molecule has 24 heavy (non-hydrogen) atoms. The van der Waals surface area contributed by atoms with Gasteiger partial charge in [0.1, 0.15) is 0 Å². The van der Waals surface area contributed by atoms with Gasteiger partial charge in [0.25, 0.3) is 0 Å². The number of carbonyl (C=O) groups excluding carboxylic acids is 1. The highest BCUT2D eigenvalue weighted by Gasteiger charge is 2.16. The molecule has 6 nitrogen and oxygen atoms in total. The maximum atomic E-state index is 11.8. The van der Waals surface area contributed by atoms with E-state index < -0.39 is 0 Å². The normalized spacial score (nSPS) is 16.2. The van der Waals surface area contributed by atoms with Gasteiger partial charge in [0.2, 0.25) is 5.91 Å². The number of hydrogen-bond donors (Lipinski definition) is 1. The monoisotopic (exact) mass is 333 g/mol. The smallest absolute Gasteiger partial charge is 0.220 e. The molecule has 1 aromatic heterocycles. The van der Waals surface area contributed by atoms with Crippen LogP contribution in [-0.2, 0) is 4.79 Å². The summed E-state index contributed by atoms with van der Waals surface area (Å²) >= 11 is 0. The molecule has 134 valence electrons. The van der Waals surface area contributed by atoms with Crippen LogP contribution in [0, 0.1) is 12.8 Å². The Labute approximate surface area is 145 Å². The number of aromatic nitrogens is 2. The number of hydrogen-bond acceptors (Lipinski definition) is 5. The van der Waals surface area contributed by atoms with Crippen molar-refractivity contribution in [1.82, 2.24) is 20.4 Å². The van der Waals surface area contributed by atoms with Crippen molar-refractivity contribution in [3.05, 3.63) is 17.8 Å². The zero-order valence-electron chi connectivity index (χ0n) is 15.3. The average Bonchev–Trinajstić information content (AvgIpc) is 2.79. The first-order valence-corrected chi connectivity index (χ1v) is 9.09. The van der Waals surface area contributed by atoms with Crippen molar-refractivity contribution in [1.29, 1.82) is 0 Å². The Hall–Kier alpha value is -1.69. The van der Waals surface area contributed by atoms with Crippen LogP contribution < -0.4 is 10.2 Å². The van der Waals surface area contributed by atoms with E-state index in [1.807, 2.05) is 13.0 Å². The van der Waals surface area contributed by atoms with Gasteiger partial charge in [0, 0.05) is 32.6 Å². The molecule has 0 aromatic carbocycles. The van der Waals surface area contributed by atoms with Gasteiger partial charge in [-0.1, -0.05) is 13.8 Å². The summed E-state index contributed by atoms with van der Waals surface area (Å²) in [6, 6.07) is 4.07. The topological polar surface area (TPSA) is 61.4 Å². The Morgan fingerprint density at radius 2 is 2.04 bits per heavy atom. The zero-order chi connectivity index (χ0) is 17.4. The quantitative estimate of drug-likeness (QED) is 0.825. The molecular formula is C18H31N5O. The molecule has 0 saturated carbocycles. The molecule has 1 aromatic rings. The summed E-state index contributed by atoms with van der Waals surface area (Å²) in [5, 5.41) is 11.4. The van der Waals surface area contributed by atoms with Crippen LogP contribution >= 0.6 is 0 Å².